The number of allylic oxidation sites excluding steroid dienone is 22. The molecule has 0 saturated carbocycles. The van der Waals surface area contributed by atoms with Gasteiger partial charge >= 0.3 is 11.9 Å². The highest BCUT2D eigenvalue weighted by atomic mass is 16.5. The molecule has 0 unspecified atom stereocenters. The third-order valence-electron chi connectivity index (χ3n) is 8.46. The van der Waals surface area contributed by atoms with Gasteiger partial charge in [0, 0.05) is 18.6 Å². The molecule has 4 nitrogen and oxygen atoms in total. The van der Waals surface area contributed by atoms with E-state index in [-0.39, 0.29) is 6.61 Å². The van der Waals surface area contributed by atoms with Crippen molar-refractivity contribution in [3.8, 4) is 5.75 Å². The molecule has 1 rings (SSSR count). The molecule has 0 aliphatic rings. The van der Waals surface area contributed by atoms with Gasteiger partial charge in [-0.2, -0.15) is 0 Å². The lowest BCUT2D eigenvalue weighted by molar-refractivity contribution is -0.137. The van der Waals surface area contributed by atoms with E-state index >= 15 is 0 Å². The van der Waals surface area contributed by atoms with E-state index in [1.165, 1.54) is 102 Å². The summed E-state index contributed by atoms with van der Waals surface area (Å²) in [7, 11) is 0. The fourth-order valence-electron chi connectivity index (χ4n) is 5.27. The molecule has 4 heteroatoms. The number of carbonyl (C=O) groups excluding carboxylic acids is 2. The maximum absolute atomic E-state index is 12.1. The zero-order valence-electron chi connectivity index (χ0n) is 34.5. The molecule has 0 radical (unpaired) electrons. The SMILES string of the molecule is CCCCCCCCC/C=C/C=C/C=C/C=C/C=C/C=C/C(=O)OCCc1ccc(OC(=O)/C=C/C=C/C=C/C=C/C=C/C=C/CCCCCCCCC)cc1. The number of esters is 2. The molecule has 0 saturated heterocycles. The Morgan fingerprint density at radius 1 is 0.429 bits per heavy atom. The molecule has 1 aromatic carbocycles. The van der Waals surface area contributed by atoms with E-state index in [4.69, 9.17) is 9.47 Å². The molecule has 0 fully saturated rings. The lowest BCUT2D eigenvalue weighted by Crippen LogP contribution is -2.05. The van der Waals surface area contributed by atoms with Crippen molar-refractivity contribution < 1.29 is 19.1 Å². The van der Waals surface area contributed by atoms with Crippen LogP contribution in [0, 0.1) is 0 Å². The van der Waals surface area contributed by atoms with Crippen LogP contribution in [0.15, 0.2) is 170 Å². The van der Waals surface area contributed by atoms with Crippen molar-refractivity contribution >= 4 is 11.9 Å². The zero-order valence-corrected chi connectivity index (χ0v) is 34.5. The first-order chi connectivity index (χ1) is 27.7. The third kappa shape index (κ3) is 34.8. The van der Waals surface area contributed by atoms with Gasteiger partial charge < -0.3 is 9.47 Å². The Balaban J connectivity index is 2.15. The van der Waals surface area contributed by atoms with Gasteiger partial charge in [-0.1, -0.05) is 237 Å². The van der Waals surface area contributed by atoms with E-state index in [0.29, 0.717) is 12.2 Å². The predicted molar refractivity (Wildman–Crippen MR) is 242 cm³/mol. The fourth-order valence-corrected chi connectivity index (χ4v) is 5.27. The maximum Gasteiger partial charge on any atom is 0.336 e. The van der Waals surface area contributed by atoms with Crippen molar-refractivity contribution in [2.75, 3.05) is 6.61 Å². The molecule has 0 spiro atoms. The summed E-state index contributed by atoms with van der Waals surface area (Å²) < 4.78 is 10.7. The molecule has 0 heterocycles. The molecular weight excluding hydrogens is 689 g/mol. The van der Waals surface area contributed by atoms with Gasteiger partial charge in [-0.25, -0.2) is 9.59 Å². The summed E-state index contributed by atoms with van der Waals surface area (Å²) in [6.07, 6.45) is 67.4. The van der Waals surface area contributed by atoms with Crippen molar-refractivity contribution in [2.45, 2.75) is 123 Å². The zero-order chi connectivity index (χ0) is 40.3. The average molecular weight is 759 g/mol. The van der Waals surface area contributed by atoms with Crippen LogP contribution in [0.5, 0.6) is 5.75 Å². The molecule has 1 aromatic rings. The molecular formula is C52H70O4. The lowest BCUT2D eigenvalue weighted by Gasteiger charge is -2.04. The standard InChI is InChI=1S/C52H70O4/c1-3-5-7-9-11-13-15-17-19-21-23-25-27-29-31-33-35-37-39-41-51(53)55-48-47-49-43-45-50(46-44-49)56-52(54)42-40-38-36-34-32-30-28-26-24-22-20-18-16-14-12-10-8-6-4-2/h19-46H,3-18,47-48H2,1-2H3/b21-19+,22-20+,25-23+,26-24+,29-27+,30-28+,33-31+,34-32+,37-35+,38-36+,41-39+,42-40+. The fraction of sp³-hybridized carbons (Fsp3) is 0.385. The summed E-state index contributed by atoms with van der Waals surface area (Å²) in [6, 6.07) is 7.16. The van der Waals surface area contributed by atoms with Crippen LogP contribution >= 0.6 is 0 Å². The summed E-state index contributed by atoms with van der Waals surface area (Å²) in [6.45, 7) is 4.77. The van der Waals surface area contributed by atoms with E-state index in [1.54, 1.807) is 36.4 Å². The van der Waals surface area contributed by atoms with Crippen LogP contribution in [-0.4, -0.2) is 18.5 Å². The van der Waals surface area contributed by atoms with Crippen molar-refractivity contribution in [1.29, 1.82) is 0 Å². The molecule has 0 bridgehead atoms. The first-order valence-electron chi connectivity index (χ1n) is 21.1. The van der Waals surface area contributed by atoms with Gasteiger partial charge in [-0.15, -0.1) is 0 Å². The molecule has 0 amide bonds. The Bertz CT molecular complexity index is 1490. The molecule has 0 aliphatic carbocycles. The molecule has 0 aliphatic heterocycles. The quantitative estimate of drug-likeness (QED) is 0.0241. The molecule has 302 valence electrons. The van der Waals surface area contributed by atoms with Gasteiger partial charge in [0.1, 0.15) is 5.75 Å². The number of ether oxygens (including phenoxy) is 2. The topological polar surface area (TPSA) is 52.6 Å². The van der Waals surface area contributed by atoms with E-state index in [2.05, 4.69) is 50.3 Å². The maximum atomic E-state index is 12.1. The summed E-state index contributed by atoms with van der Waals surface area (Å²) in [5.74, 6) is -0.401. The van der Waals surface area contributed by atoms with Gasteiger partial charge in [0.25, 0.3) is 0 Å². The summed E-state index contributed by atoms with van der Waals surface area (Å²) in [4.78, 5) is 24.1. The van der Waals surface area contributed by atoms with Crippen molar-refractivity contribution in [3.05, 3.63) is 176 Å². The largest absolute Gasteiger partial charge is 0.462 e. The summed E-state index contributed by atoms with van der Waals surface area (Å²) >= 11 is 0. The predicted octanol–water partition coefficient (Wildman–Crippen LogP) is 14.6. The van der Waals surface area contributed by atoms with Crippen LogP contribution in [0.4, 0.5) is 0 Å². The number of benzene rings is 1. The third-order valence-corrected chi connectivity index (χ3v) is 8.46. The summed E-state index contributed by atoms with van der Waals surface area (Å²) in [5, 5.41) is 0. The Hall–Kier alpha value is -4.96. The minimum absolute atomic E-state index is 0.255. The lowest BCUT2D eigenvalue weighted by atomic mass is 10.1. The normalized spacial score (nSPS) is 13.0. The van der Waals surface area contributed by atoms with Gasteiger partial charge in [0.05, 0.1) is 6.61 Å². The number of unbranched alkanes of at least 4 members (excludes halogenated alkanes) is 14. The highest BCUT2D eigenvalue weighted by Crippen LogP contribution is 2.14. The molecule has 0 atom stereocenters. The van der Waals surface area contributed by atoms with Crippen LogP contribution < -0.4 is 4.74 Å². The van der Waals surface area contributed by atoms with Crippen LogP contribution in [0.1, 0.15) is 122 Å². The first-order valence-corrected chi connectivity index (χ1v) is 21.1. The van der Waals surface area contributed by atoms with Crippen LogP contribution in [0.25, 0.3) is 0 Å². The molecule has 56 heavy (non-hydrogen) atoms. The Kier molecular flexibility index (Phi) is 34.8. The van der Waals surface area contributed by atoms with E-state index in [1.807, 2.05) is 85.0 Å². The first kappa shape index (κ1) is 49.1. The van der Waals surface area contributed by atoms with Crippen LogP contribution in [-0.2, 0) is 20.7 Å². The minimum atomic E-state index is -0.456. The smallest absolute Gasteiger partial charge is 0.336 e. The number of rotatable bonds is 32. The van der Waals surface area contributed by atoms with Crippen LogP contribution in [0.2, 0.25) is 0 Å². The molecule has 0 N–H and O–H groups in total. The number of hydrogen-bond donors (Lipinski definition) is 0. The second-order valence-corrected chi connectivity index (χ2v) is 13.5. The van der Waals surface area contributed by atoms with E-state index < -0.39 is 11.9 Å². The molecule has 0 aromatic heterocycles. The van der Waals surface area contributed by atoms with Crippen LogP contribution in [0.3, 0.4) is 0 Å². The van der Waals surface area contributed by atoms with Crippen molar-refractivity contribution in [1.82, 2.24) is 0 Å². The minimum Gasteiger partial charge on any atom is -0.462 e. The van der Waals surface area contributed by atoms with Gasteiger partial charge in [0.15, 0.2) is 0 Å². The Morgan fingerprint density at radius 3 is 1.21 bits per heavy atom. The summed E-state index contributed by atoms with van der Waals surface area (Å²) in [5.41, 5.74) is 0.971. The van der Waals surface area contributed by atoms with Gasteiger partial charge in [-0.05, 0) is 43.4 Å². The van der Waals surface area contributed by atoms with E-state index in [0.717, 1.165) is 18.4 Å². The van der Waals surface area contributed by atoms with Gasteiger partial charge in [0.2, 0.25) is 0 Å². The van der Waals surface area contributed by atoms with E-state index in [9.17, 15) is 9.59 Å². The average Bonchev–Trinajstić information content (AvgIpc) is 3.20. The van der Waals surface area contributed by atoms with Crippen molar-refractivity contribution in [3.63, 3.8) is 0 Å². The number of hydrogen-bond acceptors (Lipinski definition) is 4. The highest BCUT2D eigenvalue weighted by Gasteiger charge is 2.02. The second kappa shape index (κ2) is 39.7. The number of carbonyl (C=O) groups is 2. The monoisotopic (exact) mass is 759 g/mol. The van der Waals surface area contributed by atoms with Crippen molar-refractivity contribution in [2.24, 2.45) is 0 Å². The Labute approximate surface area is 340 Å². The van der Waals surface area contributed by atoms with Gasteiger partial charge in [-0.3, -0.25) is 0 Å². The Morgan fingerprint density at radius 2 is 0.786 bits per heavy atom. The second-order valence-electron chi connectivity index (χ2n) is 13.5. The highest BCUT2D eigenvalue weighted by molar-refractivity contribution is 5.84.